The lowest BCUT2D eigenvalue weighted by Gasteiger charge is -2.26. The number of hydrogen-bond acceptors (Lipinski definition) is 10. The molecule has 4 aromatic rings. The molecule has 0 amide bonds. The van der Waals surface area contributed by atoms with E-state index in [1.54, 1.807) is 70.5 Å². The van der Waals surface area contributed by atoms with Gasteiger partial charge in [-0.15, -0.1) is 0 Å². The van der Waals surface area contributed by atoms with Gasteiger partial charge in [-0.1, -0.05) is 29.5 Å². The number of methoxy groups -OCH3 is 3. The normalized spacial score (nSPS) is 14.2. The molecule has 0 saturated heterocycles. The summed E-state index contributed by atoms with van der Waals surface area (Å²) < 4.78 is 30.9. The second kappa shape index (κ2) is 14.2. The van der Waals surface area contributed by atoms with Gasteiger partial charge in [-0.25, -0.2) is 9.79 Å². The van der Waals surface area contributed by atoms with Gasteiger partial charge in [0.05, 0.1) is 58.9 Å². The van der Waals surface area contributed by atoms with Crippen LogP contribution in [0.3, 0.4) is 0 Å². The van der Waals surface area contributed by atoms with Crippen molar-refractivity contribution < 1.29 is 28.5 Å². The third-order valence-electron chi connectivity index (χ3n) is 7.31. The topological polar surface area (TPSA) is 121 Å². The van der Waals surface area contributed by atoms with Crippen LogP contribution in [0.2, 0.25) is 0 Å². The van der Waals surface area contributed by atoms with Crippen LogP contribution in [0, 0.1) is 14.9 Å². The number of carbonyl (C=O) groups is 1. The molecule has 1 atom stereocenters. The highest BCUT2D eigenvalue weighted by atomic mass is 127. The Morgan fingerprint density at radius 1 is 1.09 bits per heavy atom. The Balaban J connectivity index is 1.61. The largest absolute Gasteiger partial charge is 0.497 e. The molecule has 0 fully saturated rings. The van der Waals surface area contributed by atoms with Gasteiger partial charge in [-0.2, -0.15) is 5.26 Å². The van der Waals surface area contributed by atoms with Crippen LogP contribution in [0.5, 0.6) is 23.0 Å². The van der Waals surface area contributed by atoms with Crippen LogP contribution in [0.4, 0.5) is 0 Å². The van der Waals surface area contributed by atoms with Crippen LogP contribution in [-0.2, 0) is 16.1 Å². The molecule has 0 bridgehead atoms. The molecule has 236 valence electrons. The number of allylic oxidation sites excluding steroid dienone is 1. The summed E-state index contributed by atoms with van der Waals surface area (Å²) in [6.45, 7) is 3.80. The maximum absolute atomic E-state index is 14.1. The van der Waals surface area contributed by atoms with Crippen LogP contribution in [0.1, 0.15) is 42.1 Å². The highest BCUT2D eigenvalue weighted by Crippen LogP contribution is 2.38. The summed E-state index contributed by atoms with van der Waals surface area (Å²) in [7, 11) is 4.61. The van der Waals surface area contributed by atoms with Crippen molar-refractivity contribution >= 4 is 46.0 Å². The number of carbonyl (C=O) groups excluding carboxylic acids is 1. The zero-order valence-electron chi connectivity index (χ0n) is 25.8. The summed E-state index contributed by atoms with van der Waals surface area (Å²) >= 11 is 3.37. The molecule has 0 aliphatic carbocycles. The summed E-state index contributed by atoms with van der Waals surface area (Å²) in [6, 6.07) is 17.5. The first kappa shape index (κ1) is 32.8. The SMILES string of the molecule is CCOC(=O)C1=C(C)N=c2s/c(=C\c3cc(I)c(OCc4ccccc4C#N)c(OC)c3)c(=O)n2[C@@H]1c1ccc(OC)cc1OC. The fourth-order valence-electron chi connectivity index (χ4n) is 5.15. The maximum atomic E-state index is 14.1. The highest BCUT2D eigenvalue weighted by molar-refractivity contribution is 14.1. The molecule has 0 spiro atoms. The minimum atomic E-state index is -0.847. The number of nitriles is 1. The first-order valence-electron chi connectivity index (χ1n) is 14.1. The van der Waals surface area contributed by atoms with Crippen molar-refractivity contribution in [2.24, 2.45) is 4.99 Å². The Kier molecular flexibility index (Phi) is 10.1. The Bertz CT molecular complexity index is 2080. The van der Waals surface area contributed by atoms with E-state index >= 15 is 0 Å². The van der Waals surface area contributed by atoms with E-state index in [4.69, 9.17) is 23.7 Å². The van der Waals surface area contributed by atoms with Crippen molar-refractivity contribution in [1.29, 1.82) is 5.26 Å². The third kappa shape index (κ3) is 6.38. The molecule has 0 unspecified atom stereocenters. The molecular weight excluding hydrogens is 721 g/mol. The molecule has 1 aromatic heterocycles. The van der Waals surface area contributed by atoms with Crippen molar-refractivity contribution in [3.05, 3.63) is 111 Å². The molecule has 1 aliphatic heterocycles. The standard InChI is InChI=1S/C34H30IN3O7S/c1-6-44-33(40)29-19(2)37-34-38(30(29)24-12-11-23(41-3)16-26(24)42-4)32(39)28(46-34)15-20-13-25(35)31(27(14-20)43-5)45-18-22-10-8-7-9-21(22)17-36/h7-16,30H,6,18H2,1-5H3/b28-15-/t30-/m1/s1. The molecule has 0 N–H and O–H groups in total. The quantitative estimate of drug-likeness (QED) is 0.166. The number of aromatic nitrogens is 1. The van der Waals surface area contributed by atoms with Crippen molar-refractivity contribution in [1.82, 2.24) is 4.57 Å². The average Bonchev–Trinajstić information content (AvgIpc) is 3.36. The van der Waals surface area contributed by atoms with Crippen molar-refractivity contribution in [3.8, 4) is 29.1 Å². The molecule has 12 heteroatoms. The lowest BCUT2D eigenvalue weighted by atomic mass is 9.95. The Hall–Kier alpha value is -4.61. The van der Waals surface area contributed by atoms with E-state index in [9.17, 15) is 14.9 Å². The molecule has 10 nitrogen and oxygen atoms in total. The number of rotatable bonds is 10. The fraction of sp³-hybridized carbons (Fsp3) is 0.235. The lowest BCUT2D eigenvalue weighted by molar-refractivity contribution is -0.139. The molecule has 5 rings (SSSR count). The number of thiazole rings is 1. The number of fused-ring (bicyclic) bond motifs is 1. The molecule has 3 aromatic carbocycles. The van der Waals surface area contributed by atoms with Gasteiger partial charge in [0.25, 0.3) is 5.56 Å². The maximum Gasteiger partial charge on any atom is 0.338 e. The van der Waals surface area contributed by atoms with E-state index in [1.807, 2.05) is 18.2 Å². The smallest absolute Gasteiger partial charge is 0.338 e. The first-order chi connectivity index (χ1) is 22.2. The van der Waals surface area contributed by atoms with E-state index in [0.29, 0.717) is 54.7 Å². The van der Waals surface area contributed by atoms with Crippen LogP contribution in [0.15, 0.2) is 75.7 Å². The number of esters is 1. The van der Waals surface area contributed by atoms with Gasteiger partial charge in [0.15, 0.2) is 16.3 Å². The van der Waals surface area contributed by atoms with E-state index in [2.05, 4.69) is 33.7 Å². The van der Waals surface area contributed by atoms with Crippen molar-refractivity contribution in [2.75, 3.05) is 27.9 Å². The van der Waals surface area contributed by atoms with Crippen LogP contribution in [-0.4, -0.2) is 38.5 Å². The number of benzene rings is 3. The van der Waals surface area contributed by atoms with Gasteiger partial charge in [-0.05, 0) is 78.4 Å². The van der Waals surface area contributed by atoms with Gasteiger partial charge < -0.3 is 23.7 Å². The second-order valence-electron chi connectivity index (χ2n) is 10.0. The Morgan fingerprint density at radius 3 is 2.54 bits per heavy atom. The zero-order valence-corrected chi connectivity index (χ0v) is 28.7. The molecule has 2 heterocycles. The van der Waals surface area contributed by atoms with Crippen LogP contribution < -0.4 is 33.8 Å². The predicted molar refractivity (Wildman–Crippen MR) is 181 cm³/mol. The molecule has 0 radical (unpaired) electrons. The van der Waals surface area contributed by atoms with Gasteiger partial charge in [-0.3, -0.25) is 9.36 Å². The van der Waals surface area contributed by atoms with E-state index in [-0.39, 0.29) is 24.3 Å². The van der Waals surface area contributed by atoms with E-state index < -0.39 is 12.0 Å². The number of hydrogen-bond donors (Lipinski definition) is 0. The van der Waals surface area contributed by atoms with Crippen molar-refractivity contribution in [3.63, 3.8) is 0 Å². The van der Waals surface area contributed by atoms with Gasteiger partial charge >= 0.3 is 5.97 Å². The lowest BCUT2D eigenvalue weighted by Crippen LogP contribution is -2.40. The highest BCUT2D eigenvalue weighted by Gasteiger charge is 2.35. The molecule has 46 heavy (non-hydrogen) atoms. The minimum absolute atomic E-state index is 0.164. The van der Waals surface area contributed by atoms with Crippen LogP contribution in [0.25, 0.3) is 6.08 Å². The summed E-state index contributed by atoms with van der Waals surface area (Å²) in [4.78, 5) is 32.5. The number of halogens is 1. The van der Waals surface area contributed by atoms with E-state index in [0.717, 1.165) is 9.13 Å². The number of ether oxygens (including phenoxy) is 5. The second-order valence-corrected chi connectivity index (χ2v) is 12.2. The monoisotopic (exact) mass is 751 g/mol. The summed E-state index contributed by atoms with van der Waals surface area (Å²) in [6.07, 6.45) is 1.76. The molecular formula is C34H30IN3O7S. The summed E-state index contributed by atoms with van der Waals surface area (Å²) in [5.74, 6) is 1.45. The summed E-state index contributed by atoms with van der Waals surface area (Å²) in [5, 5.41) is 9.43. The van der Waals surface area contributed by atoms with Gasteiger partial charge in [0.2, 0.25) is 0 Å². The van der Waals surface area contributed by atoms with E-state index in [1.165, 1.54) is 23.0 Å². The molecule has 0 saturated carbocycles. The predicted octanol–water partition coefficient (Wildman–Crippen LogP) is 4.88. The Morgan fingerprint density at radius 2 is 1.85 bits per heavy atom. The zero-order chi connectivity index (χ0) is 33.0. The van der Waals surface area contributed by atoms with Crippen LogP contribution >= 0.6 is 33.9 Å². The molecule has 1 aliphatic rings. The Labute approximate surface area is 282 Å². The van der Waals surface area contributed by atoms with Crippen molar-refractivity contribution in [2.45, 2.75) is 26.5 Å². The summed E-state index contributed by atoms with van der Waals surface area (Å²) in [5.41, 5.74) is 2.96. The third-order valence-corrected chi connectivity index (χ3v) is 9.10. The average molecular weight is 752 g/mol. The minimum Gasteiger partial charge on any atom is -0.497 e. The number of nitrogens with zero attached hydrogens (tertiary/aromatic N) is 3. The van der Waals surface area contributed by atoms with Gasteiger partial charge in [0, 0.05) is 17.2 Å². The fourth-order valence-corrected chi connectivity index (χ4v) is 6.98. The first-order valence-corrected chi connectivity index (χ1v) is 16.0. The van der Waals surface area contributed by atoms with Gasteiger partial charge in [0.1, 0.15) is 24.1 Å².